The van der Waals surface area contributed by atoms with E-state index in [1.165, 1.54) is 0 Å². The molecular weight excluding hydrogens is 458 g/mol. The lowest BCUT2D eigenvalue weighted by molar-refractivity contribution is -0.138. The van der Waals surface area contributed by atoms with Crippen molar-refractivity contribution < 1.29 is 9.90 Å². The maximum Gasteiger partial charge on any atom is 0.303 e. The van der Waals surface area contributed by atoms with Gasteiger partial charge in [0.05, 0.1) is 17.4 Å². The largest absolute Gasteiger partial charge is 0.481 e. The SMILES string of the molecule is Nc1c(-c2ccsc2)c(C2CCC(CC(=O)O)CC2)nc2c(-c3cnc4ccccc4c3)cnn12. The number of anilines is 1. The first-order chi connectivity index (χ1) is 17.1. The van der Waals surface area contributed by atoms with E-state index in [0.717, 1.165) is 70.2 Å². The Morgan fingerprint density at radius 2 is 1.94 bits per heavy atom. The summed E-state index contributed by atoms with van der Waals surface area (Å²) < 4.78 is 1.73. The number of hydrogen-bond acceptors (Lipinski definition) is 6. The molecule has 1 aromatic carbocycles. The van der Waals surface area contributed by atoms with Crippen LogP contribution >= 0.6 is 11.3 Å². The fraction of sp³-hybridized carbons (Fsp3) is 0.259. The minimum absolute atomic E-state index is 0.222. The molecule has 1 fully saturated rings. The molecule has 4 aromatic heterocycles. The van der Waals surface area contributed by atoms with Crippen molar-refractivity contribution in [1.82, 2.24) is 19.6 Å². The van der Waals surface area contributed by atoms with E-state index in [-0.39, 0.29) is 18.3 Å². The Hall–Kier alpha value is -3.78. The minimum atomic E-state index is -0.718. The van der Waals surface area contributed by atoms with Gasteiger partial charge in [0.25, 0.3) is 0 Å². The topological polar surface area (TPSA) is 106 Å². The predicted octanol–water partition coefficient (Wildman–Crippen LogP) is 6.00. The zero-order valence-corrected chi connectivity index (χ0v) is 19.9. The van der Waals surface area contributed by atoms with Crippen LogP contribution < -0.4 is 5.73 Å². The lowest BCUT2D eigenvalue weighted by atomic mass is 9.78. The summed E-state index contributed by atoms with van der Waals surface area (Å²) in [5, 5.41) is 19.0. The van der Waals surface area contributed by atoms with Crippen molar-refractivity contribution in [1.29, 1.82) is 0 Å². The van der Waals surface area contributed by atoms with Crippen LogP contribution in [0.4, 0.5) is 5.82 Å². The highest BCUT2D eigenvalue weighted by Gasteiger charge is 2.29. The van der Waals surface area contributed by atoms with Crippen LogP contribution in [0.3, 0.4) is 0 Å². The van der Waals surface area contributed by atoms with Crippen molar-refractivity contribution >= 4 is 39.7 Å². The fourth-order valence-corrected chi connectivity index (χ4v) is 5.99. The Balaban J connectivity index is 1.47. The molecule has 0 aliphatic heterocycles. The van der Waals surface area contributed by atoms with Crippen LogP contribution in [0.15, 0.2) is 59.6 Å². The Morgan fingerprint density at radius 1 is 1.11 bits per heavy atom. The average Bonchev–Trinajstić information content (AvgIpc) is 3.54. The van der Waals surface area contributed by atoms with E-state index >= 15 is 0 Å². The van der Waals surface area contributed by atoms with E-state index in [9.17, 15) is 9.90 Å². The Morgan fingerprint density at radius 3 is 2.71 bits per heavy atom. The highest BCUT2D eigenvalue weighted by Crippen LogP contribution is 2.43. The van der Waals surface area contributed by atoms with Crippen LogP contribution in [-0.4, -0.2) is 30.7 Å². The van der Waals surface area contributed by atoms with Gasteiger partial charge in [-0.3, -0.25) is 9.78 Å². The van der Waals surface area contributed by atoms with Crippen LogP contribution in [0.5, 0.6) is 0 Å². The first-order valence-corrected chi connectivity index (χ1v) is 12.8. The third-order valence-electron chi connectivity index (χ3n) is 7.12. The zero-order chi connectivity index (χ0) is 23.9. The van der Waals surface area contributed by atoms with Crippen molar-refractivity contribution in [3.8, 4) is 22.3 Å². The summed E-state index contributed by atoms with van der Waals surface area (Å²) in [5.74, 6) is 0.309. The maximum atomic E-state index is 11.2. The van der Waals surface area contributed by atoms with Crippen LogP contribution in [0.2, 0.25) is 0 Å². The lowest BCUT2D eigenvalue weighted by Gasteiger charge is -2.29. The molecule has 7 nitrogen and oxygen atoms in total. The standard InChI is InChI=1S/C27H25N5O2S/c28-26-24(19-9-10-35-15-19)25(17-7-5-16(6-8-17)11-23(33)34)31-27-21(14-30-32(26)27)20-12-18-3-1-2-4-22(18)29-13-20/h1-4,9-10,12-17H,5-8,11,28H2,(H,33,34). The van der Waals surface area contributed by atoms with Gasteiger partial charge in [0.2, 0.25) is 0 Å². The number of carbonyl (C=O) groups is 1. The van der Waals surface area contributed by atoms with Crippen LogP contribution in [0, 0.1) is 5.92 Å². The number of nitrogens with zero attached hydrogens (tertiary/aromatic N) is 4. The van der Waals surface area contributed by atoms with Crippen molar-refractivity contribution in [2.75, 3.05) is 5.73 Å². The van der Waals surface area contributed by atoms with Crippen LogP contribution in [0.1, 0.15) is 43.7 Å². The van der Waals surface area contributed by atoms with Crippen molar-refractivity contribution in [3.63, 3.8) is 0 Å². The molecule has 4 heterocycles. The zero-order valence-electron chi connectivity index (χ0n) is 19.1. The number of benzene rings is 1. The summed E-state index contributed by atoms with van der Waals surface area (Å²) in [6.07, 6.45) is 7.48. The summed E-state index contributed by atoms with van der Waals surface area (Å²) in [6, 6.07) is 12.2. The third-order valence-corrected chi connectivity index (χ3v) is 7.80. The van der Waals surface area contributed by atoms with Crippen molar-refractivity contribution in [2.45, 2.75) is 38.0 Å². The first kappa shape index (κ1) is 21.7. The van der Waals surface area contributed by atoms with Gasteiger partial charge in [-0.15, -0.1) is 0 Å². The van der Waals surface area contributed by atoms with Gasteiger partial charge in [0.15, 0.2) is 5.65 Å². The van der Waals surface area contributed by atoms with E-state index in [2.05, 4.69) is 33.7 Å². The number of pyridine rings is 1. The molecular formula is C27H25N5O2S. The van der Waals surface area contributed by atoms with Gasteiger partial charge < -0.3 is 10.8 Å². The molecule has 8 heteroatoms. The molecule has 6 rings (SSSR count). The number of nitrogens with two attached hydrogens (primary N) is 1. The molecule has 1 aliphatic rings. The summed E-state index contributed by atoms with van der Waals surface area (Å²) >= 11 is 1.63. The third kappa shape index (κ3) is 3.93. The van der Waals surface area contributed by atoms with Gasteiger partial charge in [-0.2, -0.15) is 21.0 Å². The summed E-state index contributed by atoms with van der Waals surface area (Å²) in [7, 11) is 0. The quantitative estimate of drug-likeness (QED) is 0.317. The van der Waals surface area contributed by atoms with Gasteiger partial charge in [-0.1, -0.05) is 18.2 Å². The summed E-state index contributed by atoms with van der Waals surface area (Å²) in [5.41, 5.74) is 13.2. The average molecular weight is 484 g/mol. The molecule has 1 aliphatic carbocycles. The second kappa shape index (κ2) is 8.78. The van der Waals surface area contributed by atoms with Gasteiger partial charge in [0, 0.05) is 40.6 Å². The minimum Gasteiger partial charge on any atom is -0.481 e. The second-order valence-corrected chi connectivity index (χ2v) is 10.1. The molecule has 0 bridgehead atoms. The lowest BCUT2D eigenvalue weighted by Crippen LogP contribution is -2.18. The van der Waals surface area contributed by atoms with Crippen LogP contribution in [-0.2, 0) is 4.79 Å². The highest BCUT2D eigenvalue weighted by atomic mass is 32.1. The molecule has 5 aromatic rings. The maximum absolute atomic E-state index is 11.2. The Kier molecular flexibility index (Phi) is 5.45. The number of nitrogen functional groups attached to an aromatic ring is 1. The number of thiophene rings is 1. The fourth-order valence-electron chi connectivity index (χ4n) is 5.34. The monoisotopic (exact) mass is 483 g/mol. The highest BCUT2D eigenvalue weighted by molar-refractivity contribution is 7.08. The van der Waals surface area contributed by atoms with Crippen molar-refractivity contribution in [2.24, 2.45) is 5.92 Å². The molecule has 1 saturated carbocycles. The summed E-state index contributed by atoms with van der Waals surface area (Å²) in [4.78, 5) is 21.0. The number of fused-ring (bicyclic) bond motifs is 2. The van der Waals surface area contributed by atoms with E-state index in [4.69, 9.17) is 10.7 Å². The first-order valence-electron chi connectivity index (χ1n) is 11.8. The van der Waals surface area contributed by atoms with Gasteiger partial charge in [-0.25, -0.2) is 4.98 Å². The summed E-state index contributed by atoms with van der Waals surface area (Å²) in [6.45, 7) is 0. The van der Waals surface area contributed by atoms with Crippen LogP contribution in [0.25, 0.3) is 38.8 Å². The second-order valence-electron chi connectivity index (χ2n) is 9.30. The molecule has 0 unspecified atom stereocenters. The Bertz CT molecular complexity index is 1530. The molecule has 0 spiro atoms. The number of hydrogen-bond donors (Lipinski definition) is 2. The number of carboxylic acids is 1. The molecule has 0 saturated heterocycles. The molecule has 35 heavy (non-hydrogen) atoms. The number of aromatic nitrogens is 4. The Labute approximate surface area is 206 Å². The molecule has 176 valence electrons. The molecule has 0 radical (unpaired) electrons. The predicted molar refractivity (Wildman–Crippen MR) is 138 cm³/mol. The molecule has 3 N–H and O–H groups in total. The number of rotatable bonds is 5. The van der Waals surface area contributed by atoms with Gasteiger partial charge >= 0.3 is 5.97 Å². The van der Waals surface area contributed by atoms with E-state index in [1.807, 2.05) is 36.0 Å². The van der Waals surface area contributed by atoms with Gasteiger partial charge in [0.1, 0.15) is 5.82 Å². The molecule has 0 amide bonds. The number of para-hydroxylation sites is 1. The van der Waals surface area contributed by atoms with E-state index in [1.54, 1.807) is 15.9 Å². The van der Waals surface area contributed by atoms with E-state index in [0.29, 0.717) is 5.82 Å². The van der Waals surface area contributed by atoms with Gasteiger partial charge in [-0.05, 0) is 66.1 Å². The normalized spacial score (nSPS) is 18.3. The smallest absolute Gasteiger partial charge is 0.303 e. The van der Waals surface area contributed by atoms with Crippen molar-refractivity contribution in [3.05, 3.63) is 65.2 Å². The number of carboxylic acid groups (broad SMARTS) is 1. The van der Waals surface area contributed by atoms with E-state index < -0.39 is 5.97 Å². The number of aliphatic carboxylic acids is 1. The molecule has 0 atom stereocenters.